The predicted molar refractivity (Wildman–Crippen MR) is 128 cm³/mol. The van der Waals surface area contributed by atoms with Gasteiger partial charge in [0.2, 0.25) is 21.8 Å². The largest absolute Gasteiger partial charge is 0.357 e. The first-order chi connectivity index (χ1) is 15.0. The standard InChI is InChI=1S/C24H33N3O4S/c1-7-22(24(29)25-5)26(15-20-10-8-9-17(2)12-20)23(28)16-27(32(6,30)31)21-13-18(3)11-19(4)14-21/h8-14,22H,7,15-16H2,1-6H3,(H,25,29). The highest BCUT2D eigenvalue weighted by molar-refractivity contribution is 7.92. The van der Waals surface area contributed by atoms with E-state index in [2.05, 4.69) is 5.32 Å². The lowest BCUT2D eigenvalue weighted by Gasteiger charge is -2.32. The van der Waals surface area contributed by atoms with Crippen molar-refractivity contribution in [2.45, 2.75) is 46.7 Å². The molecule has 0 aliphatic carbocycles. The van der Waals surface area contributed by atoms with Gasteiger partial charge in [0.05, 0.1) is 11.9 Å². The molecule has 32 heavy (non-hydrogen) atoms. The summed E-state index contributed by atoms with van der Waals surface area (Å²) in [4.78, 5) is 27.5. The van der Waals surface area contributed by atoms with Crippen LogP contribution in [0.25, 0.3) is 0 Å². The average molecular weight is 460 g/mol. The smallest absolute Gasteiger partial charge is 0.244 e. The van der Waals surface area contributed by atoms with Gasteiger partial charge in [0.15, 0.2) is 0 Å². The number of aryl methyl sites for hydroxylation is 3. The van der Waals surface area contributed by atoms with Gasteiger partial charge in [-0.2, -0.15) is 0 Å². The number of benzene rings is 2. The Labute approximate surface area is 191 Å². The van der Waals surface area contributed by atoms with Gasteiger partial charge in [0.25, 0.3) is 0 Å². The summed E-state index contributed by atoms with van der Waals surface area (Å²) in [6.07, 6.45) is 1.48. The van der Waals surface area contributed by atoms with E-state index in [4.69, 9.17) is 0 Å². The number of rotatable bonds is 9. The van der Waals surface area contributed by atoms with Gasteiger partial charge in [-0.25, -0.2) is 8.42 Å². The molecular weight excluding hydrogens is 426 g/mol. The second-order valence-corrected chi connectivity index (χ2v) is 10.1. The van der Waals surface area contributed by atoms with Gasteiger partial charge in [-0.15, -0.1) is 0 Å². The quantitative estimate of drug-likeness (QED) is 0.625. The average Bonchev–Trinajstić information content (AvgIpc) is 2.69. The Hall–Kier alpha value is -2.87. The van der Waals surface area contributed by atoms with Crippen LogP contribution in [-0.4, -0.2) is 51.0 Å². The molecule has 0 saturated carbocycles. The second kappa shape index (κ2) is 10.6. The van der Waals surface area contributed by atoms with Crippen LogP contribution in [0, 0.1) is 20.8 Å². The Balaban J connectivity index is 2.46. The fourth-order valence-electron chi connectivity index (χ4n) is 3.80. The minimum Gasteiger partial charge on any atom is -0.357 e. The third-order valence-electron chi connectivity index (χ3n) is 5.24. The molecule has 0 aromatic heterocycles. The first-order valence-electron chi connectivity index (χ1n) is 10.6. The zero-order valence-corrected chi connectivity index (χ0v) is 20.5. The van der Waals surface area contributed by atoms with Crippen LogP contribution < -0.4 is 9.62 Å². The number of anilines is 1. The van der Waals surface area contributed by atoms with Gasteiger partial charge in [-0.1, -0.05) is 42.8 Å². The molecule has 0 aliphatic heterocycles. The van der Waals surface area contributed by atoms with Gasteiger partial charge in [0.1, 0.15) is 12.6 Å². The summed E-state index contributed by atoms with van der Waals surface area (Å²) in [5.41, 5.74) is 4.14. The van der Waals surface area contributed by atoms with Gasteiger partial charge >= 0.3 is 0 Å². The Bertz CT molecular complexity index is 1060. The summed E-state index contributed by atoms with van der Waals surface area (Å²) in [6.45, 7) is 7.35. The van der Waals surface area contributed by atoms with Gasteiger partial charge in [0, 0.05) is 13.6 Å². The molecule has 2 aromatic carbocycles. The number of carbonyl (C=O) groups is 2. The van der Waals surface area contributed by atoms with Crippen LogP contribution >= 0.6 is 0 Å². The van der Waals surface area contributed by atoms with E-state index in [0.29, 0.717) is 12.1 Å². The molecule has 1 N–H and O–H groups in total. The number of nitrogens with zero attached hydrogens (tertiary/aromatic N) is 2. The summed E-state index contributed by atoms with van der Waals surface area (Å²) < 4.78 is 26.3. The van der Waals surface area contributed by atoms with E-state index in [-0.39, 0.29) is 19.0 Å². The van der Waals surface area contributed by atoms with E-state index >= 15 is 0 Å². The number of amides is 2. The van der Waals surface area contributed by atoms with Crippen molar-refractivity contribution in [3.8, 4) is 0 Å². The van der Waals surface area contributed by atoms with Gasteiger partial charge in [-0.3, -0.25) is 13.9 Å². The lowest BCUT2D eigenvalue weighted by Crippen LogP contribution is -2.51. The van der Waals surface area contributed by atoms with E-state index in [0.717, 1.165) is 32.8 Å². The number of likely N-dealkylation sites (N-methyl/N-ethyl adjacent to an activating group) is 1. The number of carbonyl (C=O) groups excluding carboxylic acids is 2. The Kier molecular flexibility index (Phi) is 8.44. The van der Waals surface area contributed by atoms with Crippen molar-refractivity contribution in [2.24, 2.45) is 0 Å². The minimum absolute atomic E-state index is 0.205. The highest BCUT2D eigenvalue weighted by atomic mass is 32.2. The lowest BCUT2D eigenvalue weighted by molar-refractivity contribution is -0.140. The van der Waals surface area contributed by atoms with Crippen molar-refractivity contribution in [3.63, 3.8) is 0 Å². The number of sulfonamides is 1. The molecule has 0 heterocycles. The van der Waals surface area contributed by atoms with Crippen molar-refractivity contribution in [3.05, 3.63) is 64.7 Å². The Morgan fingerprint density at radius 1 is 1.00 bits per heavy atom. The van der Waals surface area contributed by atoms with Crippen LogP contribution in [0.15, 0.2) is 42.5 Å². The maximum atomic E-state index is 13.5. The summed E-state index contributed by atoms with van der Waals surface area (Å²) in [6, 6.07) is 12.4. The first-order valence-corrected chi connectivity index (χ1v) is 12.4. The molecule has 0 bridgehead atoms. The third-order valence-corrected chi connectivity index (χ3v) is 6.38. The van der Waals surface area contributed by atoms with Crippen LogP contribution in [0.2, 0.25) is 0 Å². The number of hydrogen-bond donors (Lipinski definition) is 1. The van der Waals surface area contributed by atoms with Gasteiger partial charge in [-0.05, 0) is 56.0 Å². The van der Waals surface area contributed by atoms with Crippen molar-refractivity contribution in [1.82, 2.24) is 10.2 Å². The van der Waals surface area contributed by atoms with Crippen LogP contribution in [0.1, 0.15) is 35.6 Å². The van der Waals surface area contributed by atoms with Crippen LogP contribution in [0.4, 0.5) is 5.69 Å². The fraction of sp³-hybridized carbons (Fsp3) is 0.417. The zero-order valence-electron chi connectivity index (χ0n) is 19.7. The molecule has 0 radical (unpaired) electrons. The molecule has 1 unspecified atom stereocenters. The molecule has 0 spiro atoms. The SMILES string of the molecule is CCC(C(=O)NC)N(Cc1cccc(C)c1)C(=O)CN(c1cc(C)cc(C)c1)S(C)(=O)=O. The highest BCUT2D eigenvalue weighted by Crippen LogP contribution is 2.22. The Morgan fingerprint density at radius 2 is 1.62 bits per heavy atom. The summed E-state index contributed by atoms with van der Waals surface area (Å²) >= 11 is 0. The van der Waals surface area contributed by atoms with Crippen LogP contribution in [0.5, 0.6) is 0 Å². The summed E-state index contributed by atoms with van der Waals surface area (Å²) in [5, 5.41) is 2.61. The summed E-state index contributed by atoms with van der Waals surface area (Å²) in [7, 11) is -2.21. The zero-order chi connectivity index (χ0) is 24.1. The van der Waals surface area contributed by atoms with E-state index in [9.17, 15) is 18.0 Å². The van der Waals surface area contributed by atoms with Crippen molar-refractivity contribution in [2.75, 3.05) is 24.2 Å². The number of nitrogens with one attached hydrogen (secondary N) is 1. The van der Waals surface area contributed by atoms with Gasteiger partial charge < -0.3 is 10.2 Å². The van der Waals surface area contributed by atoms with E-state index in [1.54, 1.807) is 12.1 Å². The highest BCUT2D eigenvalue weighted by Gasteiger charge is 2.31. The van der Waals surface area contributed by atoms with Crippen molar-refractivity contribution in [1.29, 1.82) is 0 Å². The molecule has 0 saturated heterocycles. The topological polar surface area (TPSA) is 86.8 Å². The van der Waals surface area contributed by atoms with Crippen LogP contribution in [0.3, 0.4) is 0 Å². The normalized spacial score (nSPS) is 12.2. The van der Waals surface area contributed by atoms with Crippen molar-refractivity contribution >= 4 is 27.5 Å². The molecule has 1 atom stereocenters. The molecule has 7 nitrogen and oxygen atoms in total. The lowest BCUT2D eigenvalue weighted by atomic mass is 10.1. The van der Waals surface area contributed by atoms with E-state index in [1.807, 2.05) is 58.0 Å². The predicted octanol–water partition coefficient (Wildman–Crippen LogP) is 2.93. The Morgan fingerprint density at radius 3 is 2.12 bits per heavy atom. The van der Waals surface area contributed by atoms with E-state index < -0.39 is 22.0 Å². The molecule has 0 aliphatic rings. The molecule has 2 aromatic rings. The van der Waals surface area contributed by atoms with E-state index in [1.165, 1.54) is 11.9 Å². The molecule has 8 heteroatoms. The number of hydrogen-bond acceptors (Lipinski definition) is 4. The fourth-order valence-corrected chi connectivity index (χ4v) is 4.63. The molecular formula is C24H33N3O4S. The third kappa shape index (κ3) is 6.56. The maximum Gasteiger partial charge on any atom is 0.244 e. The summed E-state index contributed by atoms with van der Waals surface area (Å²) in [5.74, 6) is -0.725. The molecule has 174 valence electrons. The minimum atomic E-state index is -3.73. The monoisotopic (exact) mass is 459 g/mol. The van der Waals surface area contributed by atoms with Crippen LogP contribution in [-0.2, 0) is 26.2 Å². The second-order valence-electron chi connectivity index (χ2n) is 8.16. The maximum absolute atomic E-state index is 13.5. The van der Waals surface area contributed by atoms with Crippen molar-refractivity contribution < 1.29 is 18.0 Å². The molecule has 2 amide bonds. The molecule has 0 fully saturated rings. The molecule has 2 rings (SSSR count). The first kappa shape index (κ1) is 25.4.